The lowest BCUT2D eigenvalue weighted by atomic mass is 9.95. The maximum atomic E-state index is 13.5. The minimum atomic E-state index is -1.17. The van der Waals surface area contributed by atoms with Crippen molar-refractivity contribution in [2.75, 3.05) is 6.54 Å². The lowest BCUT2D eigenvalue weighted by Gasteiger charge is -2.15. The first-order chi connectivity index (χ1) is 7.47. The number of halogens is 3. The van der Waals surface area contributed by atoms with Crippen LogP contribution in [0.25, 0.3) is 0 Å². The Morgan fingerprint density at radius 3 is 2.62 bits per heavy atom. The van der Waals surface area contributed by atoms with E-state index < -0.39 is 29.9 Å². The Morgan fingerprint density at radius 1 is 1.50 bits per heavy atom. The van der Waals surface area contributed by atoms with Gasteiger partial charge >= 0.3 is 5.97 Å². The normalized spacial score (nSPS) is 12.5. The fourth-order valence-corrected chi connectivity index (χ4v) is 1.60. The smallest absolute Gasteiger partial charge is 0.304 e. The van der Waals surface area contributed by atoms with E-state index in [1.165, 1.54) is 0 Å². The number of aliphatic carboxylic acids is 1. The standard InChI is InChI=1S/C10H10ClF2NO2/c11-6-1-2-7(12)9(10(6)13)5(4-14)3-8(15)16/h1-2,5H,3-4,14H2,(H,15,16). The van der Waals surface area contributed by atoms with Crippen LogP contribution in [-0.4, -0.2) is 17.6 Å². The highest BCUT2D eigenvalue weighted by Gasteiger charge is 2.23. The van der Waals surface area contributed by atoms with Crippen molar-refractivity contribution in [3.8, 4) is 0 Å². The molecule has 1 aromatic rings. The van der Waals surface area contributed by atoms with Gasteiger partial charge in [0.2, 0.25) is 0 Å². The highest BCUT2D eigenvalue weighted by atomic mass is 35.5. The zero-order chi connectivity index (χ0) is 12.3. The molecule has 16 heavy (non-hydrogen) atoms. The lowest BCUT2D eigenvalue weighted by molar-refractivity contribution is -0.137. The van der Waals surface area contributed by atoms with Crippen LogP contribution in [0.2, 0.25) is 5.02 Å². The van der Waals surface area contributed by atoms with Gasteiger partial charge in [-0.05, 0) is 18.7 Å². The summed E-state index contributed by atoms with van der Waals surface area (Å²) in [5.74, 6) is -3.87. The molecule has 1 rings (SSSR count). The Balaban J connectivity index is 3.18. The molecule has 88 valence electrons. The summed E-state index contributed by atoms with van der Waals surface area (Å²) < 4.78 is 26.9. The zero-order valence-electron chi connectivity index (χ0n) is 8.21. The second-order valence-corrected chi connectivity index (χ2v) is 3.69. The largest absolute Gasteiger partial charge is 0.481 e. The van der Waals surface area contributed by atoms with E-state index in [1.807, 2.05) is 0 Å². The van der Waals surface area contributed by atoms with Crippen LogP contribution < -0.4 is 5.73 Å². The topological polar surface area (TPSA) is 63.3 Å². The van der Waals surface area contributed by atoms with Gasteiger partial charge in [-0.15, -0.1) is 0 Å². The van der Waals surface area contributed by atoms with E-state index in [9.17, 15) is 13.6 Å². The van der Waals surface area contributed by atoms with Crippen molar-refractivity contribution < 1.29 is 18.7 Å². The molecule has 0 aliphatic rings. The molecule has 1 aromatic carbocycles. The number of carbonyl (C=O) groups is 1. The van der Waals surface area contributed by atoms with E-state index >= 15 is 0 Å². The zero-order valence-corrected chi connectivity index (χ0v) is 8.97. The molecule has 0 saturated carbocycles. The van der Waals surface area contributed by atoms with Crippen molar-refractivity contribution in [3.63, 3.8) is 0 Å². The molecule has 0 aromatic heterocycles. The van der Waals surface area contributed by atoms with Gasteiger partial charge < -0.3 is 10.8 Å². The SMILES string of the molecule is NCC(CC(=O)O)c1c(F)ccc(Cl)c1F. The number of hydrogen-bond donors (Lipinski definition) is 2. The fraction of sp³-hybridized carbons (Fsp3) is 0.300. The summed E-state index contributed by atoms with van der Waals surface area (Å²) in [6.45, 7) is -0.166. The van der Waals surface area contributed by atoms with E-state index in [2.05, 4.69) is 0 Å². The maximum absolute atomic E-state index is 13.5. The van der Waals surface area contributed by atoms with Crippen molar-refractivity contribution in [1.82, 2.24) is 0 Å². The van der Waals surface area contributed by atoms with Crippen LogP contribution in [0.4, 0.5) is 8.78 Å². The van der Waals surface area contributed by atoms with E-state index in [0.717, 1.165) is 12.1 Å². The summed E-state index contributed by atoms with van der Waals surface area (Å²) in [6.07, 6.45) is -0.440. The molecule has 3 N–H and O–H groups in total. The van der Waals surface area contributed by atoms with Crippen molar-refractivity contribution in [3.05, 3.63) is 34.4 Å². The van der Waals surface area contributed by atoms with Gasteiger partial charge in [0.1, 0.15) is 11.6 Å². The lowest BCUT2D eigenvalue weighted by Crippen LogP contribution is -2.19. The maximum Gasteiger partial charge on any atom is 0.304 e. The minimum Gasteiger partial charge on any atom is -0.481 e. The molecule has 0 radical (unpaired) electrons. The van der Waals surface area contributed by atoms with Gasteiger partial charge in [0, 0.05) is 11.5 Å². The molecule has 1 unspecified atom stereocenters. The van der Waals surface area contributed by atoms with Crippen molar-refractivity contribution >= 4 is 17.6 Å². The molecule has 0 aliphatic carbocycles. The number of benzene rings is 1. The third-order valence-corrected chi connectivity index (χ3v) is 2.49. The molecule has 0 bridgehead atoms. The van der Waals surface area contributed by atoms with E-state index in [4.69, 9.17) is 22.4 Å². The monoisotopic (exact) mass is 249 g/mol. The van der Waals surface area contributed by atoms with Crippen molar-refractivity contribution in [2.45, 2.75) is 12.3 Å². The van der Waals surface area contributed by atoms with Gasteiger partial charge in [-0.3, -0.25) is 4.79 Å². The van der Waals surface area contributed by atoms with Gasteiger partial charge in [-0.25, -0.2) is 8.78 Å². The first kappa shape index (κ1) is 12.9. The van der Waals surface area contributed by atoms with Crippen LogP contribution in [0.15, 0.2) is 12.1 Å². The molecular weight excluding hydrogens is 240 g/mol. The molecule has 0 spiro atoms. The van der Waals surface area contributed by atoms with Crippen LogP contribution in [0, 0.1) is 11.6 Å². The highest BCUT2D eigenvalue weighted by molar-refractivity contribution is 6.30. The third kappa shape index (κ3) is 2.68. The van der Waals surface area contributed by atoms with E-state index in [-0.39, 0.29) is 17.1 Å². The number of carboxylic acids is 1. The van der Waals surface area contributed by atoms with Crippen molar-refractivity contribution in [1.29, 1.82) is 0 Å². The Bertz CT molecular complexity index is 412. The number of hydrogen-bond acceptors (Lipinski definition) is 2. The average molecular weight is 250 g/mol. The number of rotatable bonds is 4. The van der Waals surface area contributed by atoms with Gasteiger partial charge in [-0.1, -0.05) is 11.6 Å². The molecular formula is C10H10ClF2NO2. The Hall–Kier alpha value is -1.20. The van der Waals surface area contributed by atoms with Crippen LogP contribution in [-0.2, 0) is 4.79 Å². The molecule has 0 amide bonds. The van der Waals surface area contributed by atoms with Crippen LogP contribution in [0.5, 0.6) is 0 Å². The van der Waals surface area contributed by atoms with Crippen LogP contribution >= 0.6 is 11.6 Å². The van der Waals surface area contributed by atoms with Gasteiger partial charge in [0.25, 0.3) is 0 Å². The quantitative estimate of drug-likeness (QED) is 0.804. The summed E-state index contributed by atoms with van der Waals surface area (Å²) in [6, 6.07) is 2.06. The minimum absolute atomic E-state index is 0.166. The molecule has 1 atom stereocenters. The molecule has 0 aliphatic heterocycles. The van der Waals surface area contributed by atoms with Crippen molar-refractivity contribution in [2.24, 2.45) is 5.73 Å². The van der Waals surface area contributed by atoms with E-state index in [0.29, 0.717) is 0 Å². The number of nitrogens with two attached hydrogens (primary N) is 1. The molecule has 0 fully saturated rings. The predicted molar refractivity (Wildman–Crippen MR) is 55.4 cm³/mol. The third-order valence-electron chi connectivity index (χ3n) is 2.19. The summed E-state index contributed by atoms with van der Waals surface area (Å²) in [5, 5.41) is 8.34. The summed E-state index contributed by atoms with van der Waals surface area (Å²) in [4.78, 5) is 10.5. The first-order valence-corrected chi connectivity index (χ1v) is 4.90. The Labute approximate surface area is 95.8 Å². The molecule has 0 heterocycles. The van der Waals surface area contributed by atoms with Gasteiger partial charge in [-0.2, -0.15) is 0 Å². The van der Waals surface area contributed by atoms with Crippen LogP contribution in [0.1, 0.15) is 17.9 Å². The predicted octanol–water partition coefficient (Wildman–Crippen LogP) is 2.14. The molecule has 3 nitrogen and oxygen atoms in total. The first-order valence-electron chi connectivity index (χ1n) is 4.52. The molecule has 6 heteroatoms. The summed E-state index contributed by atoms with van der Waals surface area (Å²) in [5.41, 5.74) is 4.94. The summed E-state index contributed by atoms with van der Waals surface area (Å²) >= 11 is 5.49. The highest BCUT2D eigenvalue weighted by Crippen LogP contribution is 2.29. The van der Waals surface area contributed by atoms with Gasteiger partial charge in [0.15, 0.2) is 0 Å². The summed E-state index contributed by atoms with van der Waals surface area (Å²) in [7, 11) is 0. The average Bonchev–Trinajstić information content (AvgIpc) is 2.22. The fourth-order valence-electron chi connectivity index (χ4n) is 1.43. The second-order valence-electron chi connectivity index (χ2n) is 3.29. The van der Waals surface area contributed by atoms with Gasteiger partial charge in [0.05, 0.1) is 11.4 Å². The number of carboxylic acid groups (broad SMARTS) is 1. The Kier molecular flexibility index (Phi) is 4.20. The molecule has 0 saturated heterocycles. The Morgan fingerprint density at radius 2 is 2.12 bits per heavy atom. The van der Waals surface area contributed by atoms with Crippen LogP contribution in [0.3, 0.4) is 0 Å². The second kappa shape index (κ2) is 5.23. The van der Waals surface area contributed by atoms with E-state index in [1.54, 1.807) is 0 Å².